The summed E-state index contributed by atoms with van der Waals surface area (Å²) in [5.41, 5.74) is 3.51. The van der Waals surface area contributed by atoms with Crippen molar-refractivity contribution in [2.45, 2.75) is 66.0 Å². The van der Waals surface area contributed by atoms with Crippen LogP contribution in [-0.2, 0) is 16.7 Å². The molecular formula is C26H35N5O2. The van der Waals surface area contributed by atoms with E-state index < -0.39 is 11.7 Å². The summed E-state index contributed by atoms with van der Waals surface area (Å²) in [6.45, 7) is 14.5. The largest absolute Gasteiger partial charge is 0.444 e. The molecule has 2 aromatic heterocycles. The highest BCUT2D eigenvalue weighted by molar-refractivity contribution is 5.67. The first kappa shape index (κ1) is 24.3. The second-order valence-electron chi connectivity index (χ2n) is 10.2. The zero-order valence-corrected chi connectivity index (χ0v) is 20.7. The number of hydrogen-bond donors (Lipinski definition) is 2. The third-order valence-electron chi connectivity index (χ3n) is 4.83. The van der Waals surface area contributed by atoms with E-state index in [0.717, 1.165) is 34.2 Å². The van der Waals surface area contributed by atoms with Crippen LogP contribution < -0.4 is 10.6 Å². The molecule has 3 rings (SSSR count). The lowest BCUT2D eigenvalue weighted by atomic mass is 10.1. The highest BCUT2D eigenvalue weighted by Gasteiger charge is 2.18. The van der Waals surface area contributed by atoms with Crippen molar-refractivity contribution < 1.29 is 9.53 Å². The Morgan fingerprint density at radius 3 is 2.39 bits per heavy atom. The lowest BCUT2D eigenvalue weighted by Gasteiger charge is -2.21. The Morgan fingerprint density at radius 1 is 1.00 bits per heavy atom. The van der Waals surface area contributed by atoms with Gasteiger partial charge >= 0.3 is 6.09 Å². The van der Waals surface area contributed by atoms with E-state index in [0.29, 0.717) is 13.0 Å². The molecule has 0 aliphatic carbocycles. The minimum absolute atomic E-state index is 0.0852. The van der Waals surface area contributed by atoms with Crippen LogP contribution in [0.15, 0.2) is 48.5 Å². The Hall–Kier alpha value is -3.35. The number of anilines is 2. The van der Waals surface area contributed by atoms with Crippen molar-refractivity contribution in [1.29, 1.82) is 0 Å². The molecule has 0 aliphatic rings. The molecule has 0 saturated heterocycles. The van der Waals surface area contributed by atoms with Crippen molar-refractivity contribution >= 4 is 17.7 Å². The molecule has 0 saturated carbocycles. The smallest absolute Gasteiger partial charge is 0.407 e. The van der Waals surface area contributed by atoms with Crippen molar-refractivity contribution in [3.8, 4) is 11.3 Å². The number of benzene rings is 1. The van der Waals surface area contributed by atoms with E-state index in [2.05, 4.69) is 49.5 Å². The van der Waals surface area contributed by atoms with Crippen LogP contribution in [0.5, 0.6) is 0 Å². The van der Waals surface area contributed by atoms with Crippen LogP contribution in [0.3, 0.4) is 0 Å². The van der Waals surface area contributed by atoms with Gasteiger partial charge in [-0.05, 0) is 78.6 Å². The minimum Gasteiger partial charge on any atom is -0.444 e. The molecule has 3 aromatic rings. The third-order valence-corrected chi connectivity index (χ3v) is 4.83. The summed E-state index contributed by atoms with van der Waals surface area (Å²) in [4.78, 5) is 16.6. The quantitative estimate of drug-likeness (QED) is 0.496. The van der Waals surface area contributed by atoms with Gasteiger partial charge in [-0.3, -0.25) is 4.68 Å². The minimum atomic E-state index is -0.502. The summed E-state index contributed by atoms with van der Waals surface area (Å²) in [5.74, 6) is 1.51. The predicted octanol–water partition coefficient (Wildman–Crippen LogP) is 5.82. The fourth-order valence-electron chi connectivity index (χ4n) is 3.52. The van der Waals surface area contributed by atoms with Crippen LogP contribution in [0.25, 0.3) is 11.3 Å². The summed E-state index contributed by atoms with van der Waals surface area (Å²) in [5, 5.41) is 10.8. The number of carbonyl (C=O) groups excluding carboxylic acids is 1. The van der Waals surface area contributed by atoms with Gasteiger partial charge in [0.2, 0.25) is 0 Å². The number of rotatable bonds is 6. The molecule has 2 N–H and O–H groups in total. The van der Waals surface area contributed by atoms with E-state index in [1.807, 2.05) is 67.9 Å². The second kappa shape index (κ2) is 9.65. The first-order valence-corrected chi connectivity index (χ1v) is 11.3. The number of aromatic nitrogens is 3. The fourth-order valence-corrected chi connectivity index (χ4v) is 3.52. The van der Waals surface area contributed by atoms with Gasteiger partial charge in [-0.15, -0.1) is 0 Å². The van der Waals surface area contributed by atoms with Crippen molar-refractivity contribution in [1.82, 2.24) is 20.1 Å². The van der Waals surface area contributed by atoms with Gasteiger partial charge in [0.25, 0.3) is 0 Å². The summed E-state index contributed by atoms with van der Waals surface area (Å²) >= 11 is 0. The van der Waals surface area contributed by atoms with Gasteiger partial charge in [-0.25, -0.2) is 9.78 Å². The molecule has 0 radical (unpaired) electrons. The molecule has 0 unspecified atom stereocenters. The van der Waals surface area contributed by atoms with Crippen molar-refractivity contribution in [2.75, 3.05) is 11.9 Å². The third kappa shape index (κ3) is 7.07. The molecule has 1 aromatic carbocycles. The number of carbonyl (C=O) groups is 1. The molecule has 176 valence electrons. The maximum absolute atomic E-state index is 11.8. The zero-order valence-electron chi connectivity index (χ0n) is 20.7. The van der Waals surface area contributed by atoms with Gasteiger partial charge in [-0.2, -0.15) is 5.10 Å². The predicted molar refractivity (Wildman–Crippen MR) is 133 cm³/mol. The van der Waals surface area contributed by atoms with E-state index in [1.54, 1.807) is 0 Å². The number of pyridine rings is 1. The zero-order chi connectivity index (χ0) is 24.2. The second-order valence-corrected chi connectivity index (χ2v) is 10.2. The Labute approximate surface area is 196 Å². The normalized spacial score (nSPS) is 11.8. The molecule has 0 atom stereocenters. The lowest BCUT2D eigenvalue weighted by Crippen LogP contribution is -2.33. The van der Waals surface area contributed by atoms with E-state index >= 15 is 0 Å². The molecular weight excluding hydrogens is 414 g/mol. The first-order valence-electron chi connectivity index (χ1n) is 11.3. The van der Waals surface area contributed by atoms with Gasteiger partial charge in [0.15, 0.2) is 5.82 Å². The van der Waals surface area contributed by atoms with Gasteiger partial charge in [0.1, 0.15) is 11.4 Å². The average Bonchev–Trinajstić information content (AvgIpc) is 3.07. The summed E-state index contributed by atoms with van der Waals surface area (Å²) in [6.07, 6.45) is 0.303. The van der Waals surface area contributed by atoms with Crippen LogP contribution in [0.2, 0.25) is 0 Å². The van der Waals surface area contributed by atoms with E-state index in [-0.39, 0.29) is 5.54 Å². The molecule has 33 heavy (non-hydrogen) atoms. The number of alkyl carbamates (subject to hydrolysis) is 1. The summed E-state index contributed by atoms with van der Waals surface area (Å²) < 4.78 is 7.29. The number of nitrogens with one attached hydrogen (secondary N) is 2. The fraction of sp³-hybridized carbons (Fsp3) is 0.423. The van der Waals surface area contributed by atoms with Crippen LogP contribution in [0.1, 0.15) is 52.8 Å². The van der Waals surface area contributed by atoms with Crippen molar-refractivity contribution in [2.24, 2.45) is 0 Å². The molecule has 0 aliphatic heterocycles. The van der Waals surface area contributed by atoms with E-state index in [4.69, 9.17) is 9.72 Å². The van der Waals surface area contributed by atoms with Crippen LogP contribution in [0.4, 0.5) is 16.4 Å². The number of ether oxygens (including phenoxy) is 1. The molecule has 0 spiro atoms. The highest BCUT2D eigenvalue weighted by atomic mass is 16.6. The van der Waals surface area contributed by atoms with Gasteiger partial charge in [0, 0.05) is 23.9 Å². The topological polar surface area (TPSA) is 81.1 Å². The average molecular weight is 450 g/mol. The summed E-state index contributed by atoms with van der Waals surface area (Å²) in [6, 6.07) is 16.1. The molecule has 2 heterocycles. The van der Waals surface area contributed by atoms with Gasteiger partial charge in [-0.1, -0.05) is 24.3 Å². The Bertz CT molecular complexity index is 1110. The lowest BCUT2D eigenvalue weighted by molar-refractivity contribution is 0.0528. The van der Waals surface area contributed by atoms with Crippen LogP contribution in [0, 0.1) is 6.92 Å². The maximum atomic E-state index is 11.8. The van der Waals surface area contributed by atoms with Crippen LogP contribution in [-0.4, -0.2) is 33.0 Å². The Balaban J connectivity index is 1.67. The molecule has 0 bridgehead atoms. The SMILES string of the molecule is Cc1cc(Nc2cccc(-c3cccc(CCNC(=O)OC(C)(C)C)c3)n2)nn1C(C)(C)C. The van der Waals surface area contributed by atoms with Gasteiger partial charge in [0.05, 0.1) is 11.2 Å². The summed E-state index contributed by atoms with van der Waals surface area (Å²) in [7, 11) is 0. The number of aryl methyl sites for hydroxylation is 1. The highest BCUT2D eigenvalue weighted by Crippen LogP contribution is 2.24. The first-order chi connectivity index (χ1) is 15.4. The van der Waals surface area contributed by atoms with Crippen molar-refractivity contribution in [3.05, 3.63) is 59.8 Å². The number of nitrogens with zero attached hydrogens (tertiary/aromatic N) is 3. The molecule has 7 heteroatoms. The Morgan fingerprint density at radius 2 is 1.73 bits per heavy atom. The van der Waals surface area contributed by atoms with E-state index in [1.165, 1.54) is 0 Å². The van der Waals surface area contributed by atoms with Gasteiger partial charge < -0.3 is 15.4 Å². The van der Waals surface area contributed by atoms with Crippen LogP contribution >= 0.6 is 0 Å². The number of amides is 1. The molecule has 1 amide bonds. The monoisotopic (exact) mass is 449 g/mol. The standard InChI is InChI=1S/C26H35N5O2/c1-18-16-23(30-31(18)25(2,3)4)29-22-13-9-12-21(28-22)20-11-8-10-19(17-20)14-15-27-24(32)33-26(5,6)7/h8-13,16-17H,14-15H2,1-7H3,(H,27,32)(H,28,29,30). The van der Waals surface area contributed by atoms with Crippen molar-refractivity contribution in [3.63, 3.8) is 0 Å². The van der Waals surface area contributed by atoms with E-state index in [9.17, 15) is 4.79 Å². The Kier molecular flexibility index (Phi) is 7.10. The molecule has 0 fully saturated rings. The molecule has 7 nitrogen and oxygen atoms in total. The maximum Gasteiger partial charge on any atom is 0.407 e. The number of hydrogen-bond acceptors (Lipinski definition) is 5.